The van der Waals surface area contributed by atoms with E-state index in [2.05, 4.69) is 20.3 Å². The van der Waals surface area contributed by atoms with Gasteiger partial charge in [-0.05, 0) is 18.9 Å². The van der Waals surface area contributed by atoms with E-state index in [-0.39, 0.29) is 17.0 Å². The van der Waals surface area contributed by atoms with Crippen LogP contribution in [-0.2, 0) is 0 Å². The molecule has 1 fully saturated rings. The van der Waals surface area contributed by atoms with Crippen LogP contribution in [0.5, 0.6) is 0 Å². The minimum absolute atomic E-state index is 0.00330. The molecule has 2 aromatic heterocycles. The molecule has 120 valence electrons. The summed E-state index contributed by atoms with van der Waals surface area (Å²) < 4.78 is 0. The minimum atomic E-state index is -0.409. The summed E-state index contributed by atoms with van der Waals surface area (Å²) in [7, 11) is 1.77. The fourth-order valence-electron chi connectivity index (χ4n) is 2.72. The number of rotatable bonds is 3. The monoisotopic (exact) mass is 333 g/mol. The van der Waals surface area contributed by atoms with Gasteiger partial charge in [-0.1, -0.05) is 11.6 Å². The fourth-order valence-corrected chi connectivity index (χ4v) is 2.90. The van der Waals surface area contributed by atoms with Crippen LogP contribution < -0.4 is 10.9 Å². The van der Waals surface area contributed by atoms with Gasteiger partial charge < -0.3 is 15.2 Å². The third-order valence-corrected chi connectivity index (χ3v) is 4.15. The first-order chi connectivity index (χ1) is 11.1. The summed E-state index contributed by atoms with van der Waals surface area (Å²) in [6.07, 6.45) is 6.41. The largest absolute Gasteiger partial charge is 0.372 e. The molecule has 0 radical (unpaired) electrons. The van der Waals surface area contributed by atoms with Gasteiger partial charge in [-0.2, -0.15) is 0 Å². The van der Waals surface area contributed by atoms with Crippen molar-refractivity contribution in [2.75, 3.05) is 18.9 Å². The molecule has 0 aromatic carbocycles. The Hall–Kier alpha value is -2.41. The molecule has 1 amide bonds. The van der Waals surface area contributed by atoms with Crippen LogP contribution in [0.2, 0.25) is 5.02 Å². The lowest BCUT2D eigenvalue weighted by Crippen LogP contribution is -2.31. The maximum atomic E-state index is 12.7. The Balaban J connectivity index is 1.89. The first kappa shape index (κ1) is 15.5. The van der Waals surface area contributed by atoms with Crippen molar-refractivity contribution in [3.8, 4) is 0 Å². The molecule has 23 heavy (non-hydrogen) atoms. The normalized spacial score (nSPS) is 17.3. The summed E-state index contributed by atoms with van der Waals surface area (Å²) in [5, 5.41) is 2.95. The number of H-pyrrole nitrogens is 1. The van der Waals surface area contributed by atoms with E-state index in [1.165, 1.54) is 12.3 Å². The van der Waals surface area contributed by atoms with Gasteiger partial charge in [0.25, 0.3) is 11.5 Å². The highest BCUT2D eigenvalue weighted by atomic mass is 35.5. The number of aromatic nitrogens is 3. The van der Waals surface area contributed by atoms with Gasteiger partial charge in [0.1, 0.15) is 10.8 Å². The second-order valence-corrected chi connectivity index (χ2v) is 5.71. The zero-order valence-corrected chi connectivity index (χ0v) is 13.3. The quantitative estimate of drug-likeness (QED) is 0.894. The van der Waals surface area contributed by atoms with Gasteiger partial charge in [-0.3, -0.25) is 14.6 Å². The number of nitrogens with zero attached hydrogens (tertiary/aromatic N) is 3. The average Bonchev–Trinajstić information content (AvgIpc) is 3.06. The smallest absolute Gasteiger partial charge is 0.266 e. The molecular weight excluding hydrogens is 318 g/mol. The number of anilines is 1. The van der Waals surface area contributed by atoms with Gasteiger partial charge in [0.2, 0.25) is 0 Å². The molecule has 0 spiro atoms. The predicted molar refractivity (Wildman–Crippen MR) is 86.7 cm³/mol. The highest BCUT2D eigenvalue weighted by Crippen LogP contribution is 2.32. The number of nitrogens with one attached hydrogen (secondary N) is 2. The lowest BCUT2D eigenvalue weighted by atomic mass is 10.1. The van der Waals surface area contributed by atoms with E-state index in [4.69, 9.17) is 11.6 Å². The van der Waals surface area contributed by atoms with Crippen LogP contribution in [0.15, 0.2) is 29.5 Å². The lowest BCUT2D eigenvalue weighted by molar-refractivity contribution is 0.0732. The van der Waals surface area contributed by atoms with E-state index in [0.717, 1.165) is 18.5 Å². The average molecular weight is 334 g/mol. The molecule has 1 saturated heterocycles. The van der Waals surface area contributed by atoms with Crippen molar-refractivity contribution >= 4 is 23.3 Å². The molecule has 0 bridgehead atoms. The Morgan fingerprint density at radius 3 is 3.04 bits per heavy atom. The molecule has 1 aliphatic heterocycles. The highest BCUT2D eigenvalue weighted by Gasteiger charge is 2.32. The van der Waals surface area contributed by atoms with Crippen molar-refractivity contribution < 1.29 is 4.79 Å². The molecule has 1 atom stereocenters. The van der Waals surface area contributed by atoms with Crippen LogP contribution in [0.3, 0.4) is 0 Å². The van der Waals surface area contributed by atoms with Crippen molar-refractivity contribution in [1.29, 1.82) is 0 Å². The van der Waals surface area contributed by atoms with Gasteiger partial charge >= 0.3 is 0 Å². The van der Waals surface area contributed by atoms with Crippen molar-refractivity contribution in [2.24, 2.45) is 0 Å². The number of pyridine rings is 1. The zero-order chi connectivity index (χ0) is 16.4. The molecule has 1 aliphatic rings. The molecule has 2 N–H and O–H groups in total. The van der Waals surface area contributed by atoms with Crippen molar-refractivity contribution in [3.05, 3.63) is 51.3 Å². The summed E-state index contributed by atoms with van der Waals surface area (Å²) >= 11 is 5.81. The first-order valence-electron chi connectivity index (χ1n) is 7.29. The third kappa shape index (κ3) is 3.05. The molecular formula is C15H16ClN5O2. The van der Waals surface area contributed by atoms with Crippen LogP contribution in [0, 0.1) is 0 Å². The van der Waals surface area contributed by atoms with E-state index >= 15 is 0 Å². The molecule has 3 heterocycles. The number of amides is 1. The van der Waals surface area contributed by atoms with Crippen LogP contribution in [-0.4, -0.2) is 39.4 Å². The van der Waals surface area contributed by atoms with Crippen LogP contribution in [0.4, 0.5) is 5.82 Å². The minimum Gasteiger partial charge on any atom is -0.372 e. The van der Waals surface area contributed by atoms with E-state index in [9.17, 15) is 9.59 Å². The number of likely N-dealkylation sites (tertiary alicyclic amines) is 1. The van der Waals surface area contributed by atoms with Gasteiger partial charge in [0, 0.05) is 19.8 Å². The standard InChI is InChI=1S/C15H16ClN5O2/c1-17-13-8-18-7-11(20-13)12-3-2-4-21(12)15(23)9-5-10(16)14(22)19-6-9/h5-8,12H,2-4H2,1H3,(H,17,20)(H,19,22). The maximum Gasteiger partial charge on any atom is 0.266 e. The Morgan fingerprint density at radius 2 is 2.30 bits per heavy atom. The van der Waals surface area contributed by atoms with E-state index in [0.29, 0.717) is 17.9 Å². The van der Waals surface area contributed by atoms with E-state index in [1.807, 2.05) is 0 Å². The second-order valence-electron chi connectivity index (χ2n) is 5.30. The second kappa shape index (κ2) is 6.37. The summed E-state index contributed by atoms with van der Waals surface area (Å²) in [5.41, 5.74) is 0.700. The van der Waals surface area contributed by atoms with Gasteiger partial charge in [0.15, 0.2) is 0 Å². The van der Waals surface area contributed by atoms with Crippen LogP contribution in [0.1, 0.15) is 34.9 Å². The van der Waals surface area contributed by atoms with Gasteiger partial charge in [-0.15, -0.1) is 0 Å². The van der Waals surface area contributed by atoms with Crippen LogP contribution in [0.25, 0.3) is 0 Å². The fraction of sp³-hybridized carbons (Fsp3) is 0.333. The number of hydrogen-bond acceptors (Lipinski definition) is 5. The molecule has 3 rings (SSSR count). The van der Waals surface area contributed by atoms with E-state index in [1.54, 1.807) is 24.3 Å². The molecule has 0 saturated carbocycles. The first-order valence-corrected chi connectivity index (χ1v) is 7.67. The molecule has 0 aliphatic carbocycles. The maximum absolute atomic E-state index is 12.7. The molecule has 7 nitrogen and oxygen atoms in total. The summed E-state index contributed by atoms with van der Waals surface area (Å²) in [4.78, 5) is 36.9. The topological polar surface area (TPSA) is 91.0 Å². The zero-order valence-electron chi connectivity index (χ0n) is 12.5. The SMILES string of the molecule is CNc1cncc(C2CCCN2C(=O)c2c[nH]c(=O)c(Cl)c2)n1. The van der Waals surface area contributed by atoms with Gasteiger partial charge in [0.05, 0.1) is 29.7 Å². The number of hydrogen-bond donors (Lipinski definition) is 2. The van der Waals surface area contributed by atoms with Crippen molar-refractivity contribution in [3.63, 3.8) is 0 Å². The Bertz CT molecular complexity index is 791. The predicted octanol–water partition coefficient (Wildman–Crippen LogP) is 1.84. The Morgan fingerprint density at radius 1 is 1.48 bits per heavy atom. The number of carbonyl (C=O) groups is 1. The molecule has 8 heteroatoms. The Labute approximate surface area is 137 Å². The number of aromatic amines is 1. The summed E-state index contributed by atoms with van der Waals surface area (Å²) in [6.45, 7) is 0.631. The van der Waals surface area contributed by atoms with E-state index < -0.39 is 5.56 Å². The lowest BCUT2D eigenvalue weighted by Gasteiger charge is -2.24. The number of carbonyl (C=O) groups excluding carboxylic acids is 1. The van der Waals surface area contributed by atoms with Crippen LogP contribution >= 0.6 is 11.6 Å². The molecule has 1 unspecified atom stereocenters. The Kier molecular flexibility index (Phi) is 4.29. The molecule has 2 aromatic rings. The third-order valence-electron chi connectivity index (χ3n) is 3.87. The highest BCUT2D eigenvalue weighted by molar-refractivity contribution is 6.30. The van der Waals surface area contributed by atoms with Gasteiger partial charge in [-0.25, -0.2) is 4.98 Å². The summed E-state index contributed by atoms with van der Waals surface area (Å²) in [6, 6.07) is 1.27. The number of halogens is 1. The van der Waals surface area contributed by atoms with Crippen molar-refractivity contribution in [1.82, 2.24) is 19.9 Å². The summed E-state index contributed by atoms with van der Waals surface area (Å²) in [5.74, 6) is 0.483. The van der Waals surface area contributed by atoms with Crippen molar-refractivity contribution in [2.45, 2.75) is 18.9 Å².